The molecule has 0 spiro atoms. The molecular formula is C15H25N5. The third kappa shape index (κ3) is 3.10. The van der Waals surface area contributed by atoms with Gasteiger partial charge in [0.25, 0.3) is 0 Å². The average Bonchev–Trinajstić information content (AvgIpc) is 3.04. The zero-order valence-electron chi connectivity index (χ0n) is 12.9. The van der Waals surface area contributed by atoms with Crippen LogP contribution in [0.1, 0.15) is 44.0 Å². The van der Waals surface area contributed by atoms with Crippen LogP contribution in [-0.2, 0) is 19.5 Å². The molecule has 0 saturated carbocycles. The van der Waals surface area contributed by atoms with Crippen LogP contribution in [0, 0.1) is 6.92 Å². The highest BCUT2D eigenvalue weighted by Gasteiger charge is 2.18. The van der Waals surface area contributed by atoms with Crippen molar-refractivity contribution in [3.63, 3.8) is 0 Å². The Morgan fingerprint density at radius 3 is 2.70 bits per heavy atom. The lowest BCUT2D eigenvalue weighted by Crippen LogP contribution is -2.26. The van der Waals surface area contributed by atoms with Crippen LogP contribution in [0.15, 0.2) is 18.5 Å². The molecule has 0 aromatic carbocycles. The molecule has 0 saturated heterocycles. The van der Waals surface area contributed by atoms with E-state index in [9.17, 15) is 0 Å². The minimum Gasteiger partial charge on any atom is -0.335 e. The van der Waals surface area contributed by atoms with Gasteiger partial charge >= 0.3 is 0 Å². The number of likely N-dealkylation sites (N-methyl/N-ethyl adjacent to an activating group) is 1. The number of hydrogen-bond donors (Lipinski definition) is 1. The van der Waals surface area contributed by atoms with Crippen LogP contribution in [0.25, 0.3) is 0 Å². The Balaban J connectivity index is 2.26. The van der Waals surface area contributed by atoms with Gasteiger partial charge in [0.1, 0.15) is 5.82 Å². The predicted molar refractivity (Wildman–Crippen MR) is 80.7 cm³/mol. The molecule has 1 atom stereocenters. The second-order valence-corrected chi connectivity index (χ2v) is 4.97. The van der Waals surface area contributed by atoms with Crippen molar-refractivity contribution in [3.05, 3.63) is 35.7 Å². The first kappa shape index (κ1) is 14.8. The summed E-state index contributed by atoms with van der Waals surface area (Å²) in [5.41, 5.74) is 2.32. The maximum absolute atomic E-state index is 4.55. The summed E-state index contributed by atoms with van der Waals surface area (Å²) in [7, 11) is 0. The van der Waals surface area contributed by atoms with Gasteiger partial charge in [0, 0.05) is 31.9 Å². The Morgan fingerprint density at radius 2 is 2.05 bits per heavy atom. The summed E-state index contributed by atoms with van der Waals surface area (Å²) in [5, 5.41) is 8.12. The largest absolute Gasteiger partial charge is 0.335 e. The fraction of sp³-hybridized carbons (Fsp3) is 0.600. The predicted octanol–water partition coefficient (Wildman–Crippen LogP) is 2.32. The van der Waals surface area contributed by atoms with Gasteiger partial charge in [-0.2, -0.15) is 5.10 Å². The number of nitrogens with one attached hydrogen (secondary N) is 1. The van der Waals surface area contributed by atoms with E-state index in [1.807, 2.05) is 19.3 Å². The molecule has 2 aromatic rings. The van der Waals surface area contributed by atoms with Crippen molar-refractivity contribution in [1.29, 1.82) is 0 Å². The summed E-state index contributed by atoms with van der Waals surface area (Å²) in [6.45, 7) is 11.3. The molecule has 5 nitrogen and oxygen atoms in total. The molecule has 0 fully saturated rings. The molecule has 0 amide bonds. The van der Waals surface area contributed by atoms with Crippen LogP contribution in [-0.4, -0.2) is 25.9 Å². The van der Waals surface area contributed by atoms with Crippen molar-refractivity contribution < 1.29 is 0 Å². The van der Waals surface area contributed by atoms with E-state index >= 15 is 0 Å². The summed E-state index contributed by atoms with van der Waals surface area (Å²) in [6, 6.07) is 2.43. The van der Waals surface area contributed by atoms with E-state index in [1.165, 1.54) is 5.69 Å². The van der Waals surface area contributed by atoms with Gasteiger partial charge in [0.15, 0.2) is 0 Å². The van der Waals surface area contributed by atoms with Gasteiger partial charge in [-0.1, -0.05) is 6.92 Å². The summed E-state index contributed by atoms with van der Waals surface area (Å²) in [6.07, 6.45) is 4.81. The van der Waals surface area contributed by atoms with Gasteiger partial charge in [-0.3, -0.25) is 4.68 Å². The fourth-order valence-corrected chi connectivity index (χ4v) is 2.63. The summed E-state index contributed by atoms with van der Waals surface area (Å²) in [5.74, 6) is 1.12. The molecule has 0 aliphatic heterocycles. The van der Waals surface area contributed by atoms with Gasteiger partial charge < -0.3 is 9.88 Å². The molecule has 20 heavy (non-hydrogen) atoms. The second-order valence-electron chi connectivity index (χ2n) is 4.97. The molecule has 2 rings (SSSR count). The molecule has 2 heterocycles. The smallest absolute Gasteiger partial charge is 0.110 e. The monoisotopic (exact) mass is 275 g/mol. The topological polar surface area (TPSA) is 47.7 Å². The van der Waals surface area contributed by atoms with Crippen molar-refractivity contribution >= 4 is 0 Å². The standard InChI is InChI=1S/C15H25N5/c1-5-16-13(11-15-17-8-9-19(15)6-2)14-10-12(4)18-20(14)7-3/h8-10,13,16H,5-7,11H2,1-4H3. The Labute approximate surface area is 121 Å². The first-order valence-corrected chi connectivity index (χ1v) is 7.47. The molecule has 5 heteroatoms. The van der Waals surface area contributed by atoms with Gasteiger partial charge in [0.05, 0.1) is 17.4 Å². The maximum atomic E-state index is 4.55. The Hall–Kier alpha value is -1.62. The molecule has 0 aliphatic rings. The molecule has 110 valence electrons. The lowest BCUT2D eigenvalue weighted by molar-refractivity contribution is 0.474. The summed E-state index contributed by atoms with van der Waals surface area (Å²) < 4.78 is 4.28. The van der Waals surface area contributed by atoms with E-state index < -0.39 is 0 Å². The van der Waals surface area contributed by atoms with E-state index in [1.54, 1.807) is 0 Å². The normalized spacial score (nSPS) is 12.8. The summed E-state index contributed by atoms with van der Waals surface area (Å²) >= 11 is 0. The number of aromatic nitrogens is 4. The summed E-state index contributed by atoms with van der Waals surface area (Å²) in [4.78, 5) is 4.49. The van der Waals surface area contributed by atoms with Gasteiger partial charge in [-0.15, -0.1) is 0 Å². The van der Waals surface area contributed by atoms with E-state index in [0.717, 1.165) is 37.6 Å². The van der Waals surface area contributed by atoms with E-state index in [2.05, 4.69) is 51.5 Å². The van der Waals surface area contributed by atoms with Crippen LogP contribution in [0.5, 0.6) is 0 Å². The van der Waals surface area contributed by atoms with Crippen LogP contribution in [0.3, 0.4) is 0 Å². The highest BCUT2D eigenvalue weighted by Crippen LogP contribution is 2.19. The fourth-order valence-electron chi connectivity index (χ4n) is 2.63. The average molecular weight is 275 g/mol. The van der Waals surface area contributed by atoms with Crippen molar-refractivity contribution in [1.82, 2.24) is 24.6 Å². The number of aryl methyl sites for hydroxylation is 3. The quantitative estimate of drug-likeness (QED) is 0.843. The minimum atomic E-state index is 0.258. The highest BCUT2D eigenvalue weighted by molar-refractivity contribution is 5.15. The lowest BCUT2D eigenvalue weighted by atomic mass is 10.1. The highest BCUT2D eigenvalue weighted by atomic mass is 15.3. The Bertz CT molecular complexity index is 540. The number of rotatable bonds is 7. The molecule has 0 radical (unpaired) electrons. The minimum absolute atomic E-state index is 0.258. The number of imidazole rings is 1. The molecular weight excluding hydrogens is 250 g/mol. The Morgan fingerprint density at radius 1 is 1.25 bits per heavy atom. The third-order valence-corrected chi connectivity index (χ3v) is 3.57. The van der Waals surface area contributed by atoms with Crippen molar-refractivity contribution in [2.45, 2.75) is 53.2 Å². The molecule has 1 N–H and O–H groups in total. The van der Waals surface area contributed by atoms with E-state index in [-0.39, 0.29) is 6.04 Å². The van der Waals surface area contributed by atoms with Crippen LogP contribution in [0.4, 0.5) is 0 Å². The zero-order chi connectivity index (χ0) is 14.5. The van der Waals surface area contributed by atoms with Crippen molar-refractivity contribution in [2.24, 2.45) is 0 Å². The molecule has 0 bridgehead atoms. The lowest BCUT2D eigenvalue weighted by Gasteiger charge is -2.19. The molecule has 1 unspecified atom stereocenters. The number of nitrogens with zero attached hydrogens (tertiary/aromatic N) is 4. The van der Waals surface area contributed by atoms with Crippen molar-refractivity contribution in [3.8, 4) is 0 Å². The molecule has 0 aliphatic carbocycles. The Kier molecular flexibility index (Phi) is 4.95. The molecule has 2 aromatic heterocycles. The maximum Gasteiger partial charge on any atom is 0.110 e. The number of hydrogen-bond acceptors (Lipinski definition) is 3. The third-order valence-electron chi connectivity index (χ3n) is 3.57. The van der Waals surface area contributed by atoms with Crippen LogP contribution < -0.4 is 5.32 Å². The SMILES string of the molecule is CCNC(Cc1nccn1CC)c1cc(C)nn1CC. The first-order chi connectivity index (χ1) is 9.69. The van der Waals surface area contributed by atoms with Gasteiger partial charge in [-0.05, 0) is 33.4 Å². The van der Waals surface area contributed by atoms with E-state index in [0.29, 0.717) is 0 Å². The van der Waals surface area contributed by atoms with Crippen LogP contribution >= 0.6 is 0 Å². The van der Waals surface area contributed by atoms with Crippen LogP contribution in [0.2, 0.25) is 0 Å². The van der Waals surface area contributed by atoms with Gasteiger partial charge in [-0.25, -0.2) is 4.98 Å². The van der Waals surface area contributed by atoms with E-state index in [4.69, 9.17) is 0 Å². The first-order valence-electron chi connectivity index (χ1n) is 7.47. The van der Waals surface area contributed by atoms with Crippen molar-refractivity contribution in [2.75, 3.05) is 6.54 Å². The second kappa shape index (κ2) is 6.70. The van der Waals surface area contributed by atoms with Gasteiger partial charge in [0.2, 0.25) is 0 Å². The zero-order valence-corrected chi connectivity index (χ0v) is 12.9.